The lowest BCUT2D eigenvalue weighted by Gasteiger charge is -2.04. The molecule has 1 aliphatic rings. The molecule has 0 radical (unpaired) electrons. The van der Waals surface area contributed by atoms with Crippen molar-refractivity contribution in [2.75, 3.05) is 13.2 Å². The summed E-state index contributed by atoms with van der Waals surface area (Å²) >= 11 is 0. The minimum absolute atomic E-state index is 0.0324. The van der Waals surface area contributed by atoms with Crippen molar-refractivity contribution in [1.82, 2.24) is 9.78 Å². The summed E-state index contributed by atoms with van der Waals surface area (Å²) in [6.07, 6.45) is 3.70. The molecule has 8 heteroatoms. The van der Waals surface area contributed by atoms with E-state index in [0.717, 1.165) is 25.0 Å². The summed E-state index contributed by atoms with van der Waals surface area (Å²) in [5, 5.41) is 14.0. The Hall–Kier alpha value is -3.52. The molecule has 1 N–H and O–H groups in total. The lowest BCUT2D eigenvalue weighted by molar-refractivity contribution is -0.384. The molecule has 1 aliphatic heterocycles. The molecule has 148 valence electrons. The highest BCUT2D eigenvalue weighted by Gasteiger charge is 2.17. The summed E-state index contributed by atoms with van der Waals surface area (Å²) in [6, 6.07) is 15.3. The monoisotopic (exact) mass is 392 g/mol. The van der Waals surface area contributed by atoms with Crippen molar-refractivity contribution in [2.24, 2.45) is 4.99 Å². The SMILES string of the molecule is O=c1c(C=NC[C@H]2CCCO2)c(-c2ccccc2)[nH]n1-c1ccc([N+](=O)[O-])cc1. The number of hydrogen-bond acceptors (Lipinski definition) is 5. The van der Waals surface area contributed by atoms with Crippen LogP contribution in [0.15, 0.2) is 64.4 Å². The van der Waals surface area contributed by atoms with E-state index in [0.29, 0.717) is 23.5 Å². The molecule has 0 unspecified atom stereocenters. The van der Waals surface area contributed by atoms with E-state index in [4.69, 9.17) is 4.74 Å². The molecule has 8 nitrogen and oxygen atoms in total. The molecule has 1 fully saturated rings. The highest BCUT2D eigenvalue weighted by atomic mass is 16.6. The van der Waals surface area contributed by atoms with Gasteiger partial charge < -0.3 is 4.74 Å². The fraction of sp³-hybridized carbons (Fsp3) is 0.238. The number of nitro benzene ring substituents is 1. The predicted molar refractivity (Wildman–Crippen MR) is 110 cm³/mol. The van der Waals surface area contributed by atoms with Gasteiger partial charge in [0.15, 0.2) is 0 Å². The van der Waals surface area contributed by atoms with Crippen LogP contribution in [0, 0.1) is 10.1 Å². The average molecular weight is 392 g/mol. The predicted octanol–water partition coefficient (Wildman–Crippen LogP) is 3.34. The summed E-state index contributed by atoms with van der Waals surface area (Å²) < 4.78 is 6.96. The number of aromatic nitrogens is 2. The Kier molecular flexibility index (Phi) is 5.35. The van der Waals surface area contributed by atoms with Gasteiger partial charge in [0.05, 0.1) is 34.5 Å². The van der Waals surface area contributed by atoms with Gasteiger partial charge in [-0.2, -0.15) is 0 Å². The molecule has 0 aliphatic carbocycles. The quantitative estimate of drug-likeness (QED) is 0.395. The van der Waals surface area contributed by atoms with Crippen LogP contribution in [0.5, 0.6) is 0 Å². The van der Waals surface area contributed by atoms with Gasteiger partial charge in [0.1, 0.15) is 0 Å². The Balaban J connectivity index is 1.73. The molecule has 0 saturated carbocycles. The fourth-order valence-corrected chi connectivity index (χ4v) is 3.35. The number of H-pyrrole nitrogens is 1. The fourth-order valence-electron chi connectivity index (χ4n) is 3.35. The smallest absolute Gasteiger partial charge is 0.280 e. The van der Waals surface area contributed by atoms with Crippen LogP contribution in [0.1, 0.15) is 18.4 Å². The minimum Gasteiger partial charge on any atom is -0.376 e. The second-order valence-electron chi connectivity index (χ2n) is 6.81. The van der Waals surface area contributed by atoms with E-state index in [1.165, 1.54) is 28.9 Å². The highest BCUT2D eigenvalue weighted by molar-refractivity contribution is 5.88. The van der Waals surface area contributed by atoms with Crippen LogP contribution in [-0.2, 0) is 4.74 Å². The molecule has 0 spiro atoms. The Morgan fingerprint density at radius 3 is 2.62 bits per heavy atom. The third-order valence-corrected chi connectivity index (χ3v) is 4.86. The molecular weight excluding hydrogens is 372 g/mol. The minimum atomic E-state index is -0.472. The van der Waals surface area contributed by atoms with Gasteiger partial charge in [0, 0.05) is 30.5 Å². The summed E-state index contributed by atoms with van der Waals surface area (Å²) in [7, 11) is 0. The van der Waals surface area contributed by atoms with E-state index < -0.39 is 4.92 Å². The van der Waals surface area contributed by atoms with Crippen LogP contribution >= 0.6 is 0 Å². The Bertz CT molecular complexity index is 1080. The molecule has 2 aromatic carbocycles. The number of aromatic amines is 1. The van der Waals surface area contributed by atoms with Gasteiger partial charge in [0.25, 0.3) is 11.2 Å². The summed E-state index contributed by atoms with van der Waals surface area (Å²) in [5.41, 5.74) is 2.14. The number of aliphatic imine (C=N–C) groups is 1. The van der Waals surface area contributed by atoms with E-state index in [2.05, 4.69) is 10.1 Å². The van der Waals surface area contributed by atoms with Gasteiger partial charge in [-0.25, -0.2) is 4.68 Å². The highest BCUT2D eigenvalue weighted by Crippen LogP contribution is 2.21. The zero-order valence-electron chi connectivity index (χ0n) is 15.7. The van der Waals surface area contributed by atoms with Gasteiger partial charge in [-0.1, -0.05) is 30.3 Å². The molecule has 29 heavy (non-hydrogen) atoms. The maximum atomic E-state index is 13.1. The molecule has 4 rings (SSSR count). The van der Waals surface area contributed by atoms with Crippen LogP contribution in [0.2, 0.25) is 0 Å². The van der Waals surface area contributed by atoms with Crippen molar-refractivity contribution in [3.05, 3.63) is 80.6 Å². The molecule has 0 bridgehead atoms. The van der Waals surface area contributed by atoms with Crippen molar-refractivity contribution < 1.29 is 9.66 Å². The van der Waals surface area contributed by atoms with Gasteiger partial charge in [-0.3, -0.25) is 25.0 Å². The normalized spacial score (nSPS) is 16.5. The van der Waals surface area contributed by atoms with Crippen LogP contribution in [0.4, 0.5) is 5.69 Å². The first kappa shape index (κ1) is 18.8. The van der Waals surface area contributed by atoms with Crippen LogP contribution in [0.25, 0.3) is 16.9 Å². The van der Waals surface area contributed by atoms with Gasteiger partial charge in [-0.05, 0) is 25.0 Å². The molecule has 1 aromatic heterocycles. The van der Waals surface area contributed by atoms with Gasteiger partial charge >= 0.3 is 0 Å². The van der Waals surface area contributed by atoms with Crippen molar-refractivity contribution in [1.29, 1.82) is 0 Å². The first-order valence-corrected chi connectivity index (χ1v) is 9.40. The van der Waals surface area contributed by atoms with E-state index in [9.17, 15) is 14.9 Å². The van der Waals surface area contributed by atoms with E-state index in [1.54, 1.807) is 6.21 Å². The topological polar surface area (TPSA) is 103 Å². The van der Waals surface area contributed by atoms with Crippen LogP contribution in [-0.4, -0.2) is 40.2 Å². The van der Waals surface area contributed by atoms with Crippen molar-refractivity contribution in [3.63, 3.8) is 0 Å². The average Bonchev–Trinajstić information content (AvgIpc) is 3.37. The van der Waals surface area contributed by atoms with E-state index in [1.807, 2.05) is 30.3 Å². The number of nitrogens with one attached hydrogen (secondary N) is 1. The van der Waals surface area contributed by atoms with Crippen molar-refractivity contribution >= 4 is 11.9 Å². The lowest BCUT2D eigenvalue weighted by atomic mass is 10.1. The van der Waals surface area contributed by atoms with E-state index in [-0.39, 0.29) is 17.4 Å². The second kappa shape index (κ2) is 8.24. The molecule has 2 heterocycles. The summed E-state index contributed by atoms with van der Waals surface area (Å²) in [6.45, 7) is 1.27. The van der Waals surface area contributed by atoms with Crippen molar-refractivity contribution in [2.45, 2.75) is 18.9 Å². The van der Waals surface area contributed by atoms with Crippen molar-refractivity contribution in [3.8, 4) is 16.9 Å². The molecule has 1 atom stereocenters. The largest absolute Gasteiger partial charge is 0.376 e. The van der Waals surface area contributed by atoms with E-state index >= 15 is 0 Å². The maximum Gasteiger partial charge on any atom is 0.280 e. The first-order chi connectivity index (χ1) is 14.1. The summed E-state index contributed by atoms with van der Waals surface area (Å²) in [5.74, 6) is 0. The molecule has 3 aromatic rings. The zero-order valence-corrected chi connectivity index (χ0v) is 15.7. The lowest BCUT2D eigenvalue weighted by Crippen LogP contribution is -2.17. The Morgan fingerprint density at radius 2 is 1.97 bits per heavy atom. The number of rotatable bonds is 6. The number of ether oxygens (including phenoxy) is 1. The third kappa shape index (κ3) is 4.02. The zero-order chi connectivity index (χ0) is 20.2. The van der Waals surface area contributed by atoms with Gasteiger partial charge in [-0.15, -0.1) is 0 Å². The Morgan fingerprint density at radius 1 is 1.21 bits per heavy atom. The maximum absolute atomic E-state index is 13.1. The standard InChI is InChI=1S/C21H20N4O4/c26-21-19(14-22-13-18-7-4-12-29-18)20(15-5-2-1-3-6-15)23-24(21)16-8-10-17(11-9-16)25(27)28/h1-3,5-6,8-11,14,18,23H,4,7,12-13H2/t18-/m1/s1. The number of nitrogens with zero attached hydrogens (tertiary/aromatic N) is 3. The van der Waals surface area contributed by atoms with Crippen LogP contribution < -0.4 is 5.56 Å². The number of hydrogen-bond donors (Lipinski definition) is 1. The van der Waals surface area contributed by atoms with Crippen LogP contribution in [0.3, 0.4) is 0 Å². The first-order valence-electron chi connectivity index (χ1n) is 9.40. The molecule has 1 saturated heterocycles. The molecule has 0 amide bonds. The second-order valence-corrected chi connectivity index (χ2v) is 6.81. The third-order valence-electron chi connectivity index (χ3n) is 4.86. The molecular formula is C21H20N4O4. The Labute approximate surface area is 166 Å². The number of benzene rings is 2. The summed E-state index contributed by atoms with van der Waals surface area (Å²) in [4.78, 5) is 27.9. The number of non-ortho nitro benzene ring substituents is 1. The van der Waals surface area contributed by atoms with Gasteiger partial charge in [0.2, 0.25) is 0 Å². The number of nitro groups is 1.